The first kappa shape index (κ1) is 40.7. The molecular formula is C41H37NO7S4. The lowest BCUT2D eigenvalue weighted by Gasteiger charge is -2.12. The van der Waals surface area contributed by atoms with Crippen molar-refractivity contribution in [3.05, 3.63) is 181 Å². The molecule has 12 heteroatoms. The second-order valence-electron chi connectivity index (χ2n) is 11.2. The van der Waals surface area contributed by atoms with Crippen molar-refractivity contribution in [1.29, 1.82) is 0 Å². The van der Waals surface area contributed by atoms with Crippen molar-refractivity contribution in [2.75, 3.05) is 5.32 Å². The van der Waals surface area contributed by atoms with E-state index in [9.17, 15) is 25.9 Å². The Morgan fingerprint density at radius 3 is 1.60 bits per heavy atom. The molecule has 7 rings (SSSR count). The lowest BCUT2D eigenvalue weighted by atomic mass is 10.1. The van der Waals surface area contributed by atoms with Gasteiger partial charge in [0.1, 0.15) is 30.9 Å². The van der Waals surface area contributed by atoms with Crippen LogP contribution in [-0.4, -0.2) is 31.0 Å². The van der Waals surface area contributed by atoms with E-state index in [4.69, 9.17) is 5.11 Å². The molecule has 0 saturated carbocycles. The van der Waals surface area contributed by atoms with Crippen LogP contribution in [0.4, 0.5) is 11.4 Å². The first-order valence-corrected chi connectivity index (χ1v) is 20.1. The van der Waals surface area contributed by atoms with Crippen molar-refractivity contribution in [3.63, 3.8) is 0 Å². The summed E-state index contributed by atoms with van der Waals surface area (Å²) in [5.74, 6) is 0.317. The molecule has 53 heavy (non-hydrogen) atoms. The molecule has 0 aliphatic carbocycles. The average Bonchev–Trinajstić information content (AvgIpc) is 3.14. The van der Waals surface area contributed by atoms with Crippen LogP contribution in [0.5, 0.6) is 5.75 Å². The van der Waals surface area contributed by atoms with E-state index in [1.807, 2.05) is 116 Å². The molecule has 0 spiro atoms. The number of phenolic OH excluding ortho intramolecular Hbond substituents is 1. The molecular weight excluding hydrogens is 747 g/mol. The number of thiol groups is 1. The van der Waals surface area contributed by atoms with Gasteiger partial charge in [0.2, 0.25) is 0 Å². The number of para-hydroxylation sites is 1. The zero-order chi connectivity index (χ0) is 38.3. The van der Waals surface area contributed by atoms with E-state index >= 15 is 0 Å². The van der Waals surface area contributed by atoms with Crippen LogP contribution < -0.4 is 5.32 Å². The van der Waals surface area contributed by atoms with E-state index in [0.29, 0.717) is 11.1 Å². The molecule has 0 radical (unpaired) electrons. The summed E-state index contributed by atoms with van der Waals surface area (Å²) in [4.78, 5) is 3.18. The van der Waals surface area contributed by atoms with Crippen LogP contribution in [0.3, 0.4) is 0 Å². The number of anilines is 2. The quantitative estimate of drug-likeness (QED) is 0.0979. The van der Waals surface area contributed by atoms with Gasteiger partial charge in [-0.05, 0) is 116 Å². The van der Waals surface area contributed by atoms with Crippen molar-refractivity contribution in [2.24, 2.45) is 0 Å². The Hall–Kier alpha value is -5.08. The van der Waals surface area contributed by atoms with Gasteiger partial charge >= 0.3 is 0 Å². The van der Waals surface area contributed by atoms with E-state index in [2.05, 4.69) is 30.1 Å². The molecule has 0 aromatic heterocycles. The van der Waals surface area contributed by atoms with E-state index in [-0.39, 0.29) is 9.79 Å². The minimum absolute atomic E-state index is 0.178. The van der Waals surface area contributed by atoms with Crippen LogP contribution in [0.1, 0.15) is 5.56 Å². The lowest BCUT2D eigenvalue weighted by Crippen LogP contribution is -1.99. The summed E-state index contributed by atoms with van der Waals surface area (Å²) >= 11 is 4.53. The van der Waals surface area contributed by atoms with Gasteiger partial charge < -0.3 is 19.5 Å². The van der Waals surface area contributed by atoms with Gasteiger partial charge in [0, 0.05) is 28.5 Å². The van der Waals surface area contributed by atoms with E-state index in [1.54, 1.807) is 30.3 Å². The van der Waals surface area contributed by atoms with Crippen molar-refractivity contribution < 1.29 is 31.0 Å². The normalized spacial score (nSPS) is 10.7. The van der Waals surface area contributed by atoms with Crippen molar-refractivity contribution >= 4 is 66.8 Å². The Bertz CT molecular complexity index is 2400. The van der Waals surface area contributed by atoms with Gasteiger partial charge in [-0.15, -0.1) is 0 Å². The van der Waals surface area contributed by atoms with Gasteiger partial charge in [0.05, 0.1) is 9.79 Å². The molecule has 0 bridgehead atoms. The molecule has 7 aromatic rings. The van der Waals surface area contributed by atoms with Gasteiger partial charge in [-0.1, -0.05) is 90.5 Å². The fraction of sp³-hybridized carbons (Fsp3) is 0.0244. The second kappa shape index (κ2) is 19.7. The Labute approximate surface area is 320 Å². The molecule has 8 nitrogen and oxygen atoms in total. The van der Waals surface area contributed by atoms with E-state index < -0.39 is 20.2 Å². The van der Waals surface area contributed by atoms with Crippen LogP contribution in [0.15, 0.2) is 200 Å². The first-order valence-electron chi connectivity index (χ1n) is 15.9. The number of rotatable bonds is 6. The van der Waals surface area contributed by atoms with Crippen LogP contribution >= 0.6 is 0 Å². The third kappa shape index (κ3) is 14.1. The lowest BCUT2D eigenvalue weighted by molar-refractivity contribution is 0.461. The fourth-order valence-corrected chi connectivity index (χ4v) is 6.59. The maximum atomic E-state index is 11.2. The first-order chi connectivity index (χ1) is 25.3. The molecule has 0 unspecified atom stereocenters. The zero-order valence-corrected chi connectivity index (χ0v) is 31.9. The zero-order valence-electron chi connectivity index (χ0n) is 28.4. The number of aryl methyl sites for hydroxylation is 1. The highest BCUT2D eigenvalue weighted by molar-refractivity contribution is 7.86. The number of nitrogens with one attached hydrogen (secondary N) is 1. The maximum absolute atomic E-state index is 11.2. The number of hydrogen-bond acceptors (Lipinski definition) is 8. The molecule has 2 N–H and O–H groups in total. The fourth-order valence-electron chi connectivity index (χ4n) is 4.52. The largest absolute Gasteiger partial charge is 0.744 e. The van der Waals surface area contributed by atoms with E-state index in [0.717, 1.165) is 27.2 Å². The van der Waals surface area contributed by atoms with Gasteiger partial charge in [-0.3, -0.25) is 0 Å². The summed E-state index contributed by atoms with van der Waals surface area (Å²) < 4.78 is 64.7. The second-order valence-corrected chi connectivity index (χ2v) is 15.8. The summed E-state index contributed by atoms with van der Waals surface area (Å²) in [7, 11) is -8.73. The van der Waals surface area contributed by atoms with Crippen LogP contribution in [-0.2, 0) is 44.6 Å². The highest BCUT2D eigenvalue weighted by Gasteiger charge is 2.07. The highest BCUT2D eigenvalue weighted by atomic mass is 32.2. The molecule has 0 aliphatic heterocycles. The molecule has 0 fully saturated rings. The predicted octanol–water partition coefficient (Wildman–Crippen LogP) is 8.07. The summed E-state index contributed by atoms with van der Waals surface area (Å²) in [6.45, 7) is 1.82. The van der Waals surface area contributed by atoms with Crippen LogP contribution in [0, 0.1) is 6.92 Å². The number of fused-ring (bicyclic) bond motifs is 1. The maximum Gasteiger partial charge on any atom is 0.158 e. The molecule has 0 saturated heterocycles. The number of benzene rings is 7. The summed E-state index contributed by atoms with van der Waals surface area (Å²) in [6.07, 6.45) is 0. The Morgan fingerprint density at radius 1 is 0.566 bits per heavy atom. The molecule has 272 valence electrons. The van der Waals surface area contributed by atoms with Crippen molar-refractivity contribution in [1.82, 2.24) is 0 Å². The summed E-state index contributed by atoms with van der Waals surface area (Å²) in [5, 5.41) is 13.9. The molecule has 0 aliphatic rings. The molecule has 7 aromatic carbocycles. The topological polar surface area (TPSA) is 147 Å². The smallest absolute Gasteiger partial charge is 0.158 e. The molecule has 0 atom stereocenters. The molecule has 0 amide bonds. The molecule has 0 heterocycles. The monoisotopic (exact) mass is 783 g/mol. The summed E-state index contributed by atoms with van der Waals surface area (Å²) in [6, 6.07) is 52.8. The standard InChI is InChI=1S/C16H13NO3S.C12H10OS.C7H8O3S.C6H6S/c18-21(19,20)14-10-9-12-5-4-8-16(15(12)11-14)17-13-6-2-1-3-7-13;13-10-6-8-12(9-7-10)14-11-4-2-1-3-5-11;1-6-2-4-7(5-3-6)11(8,9)10;7-6-4-2-1-3-5-6/h1-11,17H,(H,18,19,20);1-9,13H;2-5H,1H3,(H,8,9,10);1-5,7H. The van der Waals surface area contributed by atoms with E-state index in [1.165, 1.54) is 45.8 Å². The number of aromatic hydroxyl groups is 1. The predicted molar refractivity (Wildman–Crippen MR) is 215 cm³/mol. The SMILES string of the molecule is Cc1ccc(S(=O)(=O)[O-])cc1.O=S(=O)([O-])c1ccc2cccc(Nc3ccccc3)c2c1.Oc1ccc([SH+]c2ccccc2)cc1.[SH2+]c1ccccc1. The number of hydrogen-bond donors (Lipinski definition) is 2. The van der Waals surface area contributed by atoms with Gasteiger partial charge in [-0.2, -0.15) is 0 Å². The van der Waals surface area contributed by atoms with Crippen LogP contribution in [0.25, 0.3) is 10.8 Å². The minimum Gasteiger partial charge on any atom is -0.744 e. The highest BCUT2D eigenvalue weighted by Crippen LogP contribution is 2.28. The minimum atomic E-state index is -4.46. The Balaban J connectivity index is 0.000000170. The van der Waals surface area contributed by atoms with Crippen molar-refractivity contribution in [2.45, 2.75) is 31.4 Å². The van der Waals surface area contributed by atoms with Gasteiger partial charge in [0.25, 0.3) is 0 Å². The third-order valence-electron chi connectivity index (χ3n) is 7.14. The van der Waals surface area contributed by atoms with Gasteiger partial charge in [0.15, 0.2) is 9.79 Å². The summed E-state index contributed by atoms with van der Waals surface area (Å²) in [5.41, 5.74) is 2.57. The third-order valence-corrected chi connectivity index (χ3v) is 10.3. The Kier molecular flexibility index (Phi) is 15.1. The number of phenols is 1. The van der Waals surface area contributed by atoms with Crippen LogP contribution in [0.2, 0.25) is 0 Å². The van der Waals surface area contributed by atoms with Crippen molar-refractivity contribution in [3.8, 4) is 5.75 Å². The van der Waals surface area contributed by atoms with Gasteiger partial charge in [-0.25, -0.2) is 16.8 Å². The average molecular weight is 784 g/mol. The Morgan fingerprint density at radius 2 is 1.08 bits per heavy atom.